The Morgan fingerprint density at radius 2 is 2.00 bits per heavy atom. The molecule has 1 unspecified atom stereocenters. The van der Waals surface area contributed by atoms with Crippen molar-refractivity contribution >= 4 is 0 Å². The summed E-state index contributed by atoms with van der Waals surface area (Å²) in [6.07, 6.45) is 2.90. The molecule has 0 saturated carbocycles. The van der Waals surface area contributed by atoms with Crippen LogP contribution in [0.15, 0.2) is 30.5 Å². The normalized spacial score (nSPS) is 12.6. The number of rotatable bonds is 5. The van der Waals surface area contributed by atoms with Crippen LogP contribution in [0.3, 0.4) is 0 Å². The molecule has 0 fully saturated rings. The lowest BCUT2D eigenvalue weighted by molar-refractivity contribution is 0.617. The van der Waals surface area contributed by atoms with E-state index < -0.39 is 0 Å². The van der Waals surface area contributed by atoms with Crippen LogP contribution >= 0.6 is 0 Å². The fourth-order valence-corrected chi connectivity index (χ4v) is 2.13. The standard InChI is InChI=1S/C14H20N4/c1-11-4-6-12(7-5-11)13(9-15-2)8-14-10-18(3)17-16-14/h4-7,10,13,15H,8-9H2,1-3H3. The van der Waals surface area contributed by atoms with Crippen LogP contribution in [0.4, 0.5) is 0 Å². The first-order chi connectivity index (χ1) is 8.69. The van der Waals surface area contributed by atoms with E-state index in [0.29, 0.717) is 5.92 Å². The molecule has 2 aromatic rings. The topological polar surface area (TPSA) is 42.7 Å². The summed E-state index contributed by atoms with van der Waals surface area (Å²) < 4.78 is 1.75. The highest BCUT2D eigenvalue weighted by Gasteiger charge is 2.13. The van der Waals surface area contributed by atoms with Gasteiger partial charge in [-0.1, -0.05) is 35.0 Å². The molecule has 18 heavy (non-hydrogen) atoms. The minimum Gasteiger partial charge on any atom is -0.319 e. The van der Waals surface area contributed by atoms with Crippen molar-refractivity contribution in [2.24, 2.45) is 7.05 Å². The second kappa shape index (κ2) is 5.78. The second-order valence-electron chi connectivity index (χ2n) is 4.75. The van der Waals surface area contributed by atoms with Crippen LogP contribution in [0.5, 0.6) is 0 Å². The number of likely N-dealkylation sites (N-methyl/N-ethyl adjacent to an activating group) is 1. The Balaban J connectivity index is 2.14. The van der Waals surface area contributed by atoms with E-state index in [-0.39, 0.29) is 0 Å². The van der Waals surface area contributed by atoms with Gasteiger partial charge in [0.2, 0.25) is 0 Å². The number of hydrogen-bond donors (Lipinski definition) is 1. The van der Waals surface area contributed by atoms with Gasteiger partial charge in [0.05, 0.1) is 5.69 Å². The van der Waals surface area contributed by atoms with Gasteiger partial charge < -0.3 is 5.32 Å². The molecule has 0 spiro atoms. The summed E-state index contributed by atoms with van der Waals surface area (Å²) in [5, 5.41) is 11.4. The van der Waals surface area contributed by atoms with Crippen molar-refractivity contribution < 1.29 is 0 Å². The first-order valence-electron chi connectivity index (χ1n) is 6.25. The molecular formula is C14H20N4. The van der Waals surface area contributed by atoms with E-state index in [9.17, 15) is 0 Å². The predicted molar refractivity (Wildman–Crippen MR) is 72.6 cm³/mol. The van der Waals surface area contributed by atoms with Crippen LogP contribution in [0.2, 0.25) is 0 Å². The highest BCUT2D eigenvalue weighted by molar-refractivity contribution is 5.25. The Morgan fingerprint density at radius 3 is 2.56 bits per heavy atom. The average molecular weight is 244 g/mol. The van der Waals surface area contributed by atoms with Crippen molar-refractivity contribution in [2.75, 3.05) is 13.6 Å². The van der Waals surface area contributed by atoms with Crippen molar-refractivity contribution in [2.45, 2.75) is 19.3 Å². The Morgan fingerprint density at radius 1 is 1.28 bits per heavy atom. The highest BCUT2D eigenvalue weighted by Crippen LogP contribution is 2.19. The van der Waals surface area contributed by atoms with E-state index in [4.69, 9.17) is 0 Å². The maximum Gasteiger partial charge on any atom is 0.0833 e. The van der Waals surface area contributed by atoms with Gasteiger partial charge in [-0.15, -0.1) is 5.10 Å². The van der Waals surface area contributed by atoms with Crippen LogP contribution in [0.1, 0.15) is 22.7 Å². The zero-order valence-electron chi connectivity index (χ0n) is 11.2. The minimum atomic E-state index is 0.437. The fourth-order valence-electron chi connectivity index (χ4n) is 2.13. The van der Waals surface area contributed by atoms with Crippen molar-refractivity contribution in [1.29, 1.82) is 0 Å². The first-order valence-corrected chi connectivity index (χ1v) is 6.25. The van der Waals surface area contributed by atoms with Gasteiger partial charge in [-0.25, -0.2) is 0 Å². The molecule has 1 N–H and O–H groups in total. The molecule has 0 amide bonds. The first kappa shape index (κ1) is 12.8. The van der Waals surface area contributed by atoms with E-state index in [0.717, 1.165) is 18.7 Å². The quantitative estimate of drug-likeness (QED) is 0.870. The van der Waals surface area contributed by atoms with Crippen LogP contribution in [-0.2, 0) is 13.5 Å². The van der Waals surface area contributed by atoms with Gasteiger partial charge in [-0.3, -0.25) is 4.68 Å². The van der Waals surface area contributed by atoms with Crippen molar-refractivity contribution in [3.05, 3.63) is 47.3 Å². The Bertz CT molecular complexity index is 487. The molecule has 1 atom stereocenters. The number of benzene rings is 1. The lowest BCUT2D eigenvalue weighted by Crippen LogP contribution is -2.19. The highest BCUT2D eigenvalue weighted by atomic mass is 15.4. The second-order valence-corrected chi connectivity index (χ2v) is 4.75. The van der Waals surface area contributed by atoms with Gasteiger partial charge in [-0.2, -0.15) is 0 Å². The van der Waals surface area contributed by atoms with Crippen molar-refractivity contribution in [3.63, 3.8) is 0 Å². The summed E-state index contributed by atoms with van der Waals surface area (Å²) in [6.45, 7) is 3.05. The molecule has 0 aliphatic rings. The van der Waals surface area contributed by atoms with Gasteiger partial charge in [-0.05, 0) is 19.5 Å². The third-order valence-corrected chi connectivity index (χ3v) is 3.10. The lowest BCUT2D eigenvalue weighted by Gasteiger charge is -2.15. The van der Waals surface area contributed by atoms with E-state index in [2.05, 4.69) is 46.8 Å². The van der Waals surface area contributed by atoms with Crippen molar-refractivity contribution in [3.8, 4) is 0 Å². The van der Waals surface area contributed by atoms with Crippen LogP contribution in [0, 0.1) is 6.92 Å². The molecule has 1 aromatic carbocycles. The van der Waals surface area contributed by atoms with Gasteiger partial charge >= 0.3 is 0 Å². The molecule has 1 aromatic heterocycles. The molecule has 4 nitrogen and oxygen atoms in total. The molecule has 0 aliphatic carbocycles. The summed E-state index contributed by atoms with van der Waals surface area (Å²) in [7, 11) is 3.88. The Labute approximate surface area is 108 Å². The SMILES string of the molecule is CNCC(Cc1cn(C)nn1)c1ccc(C)cc1. The summed E-state index contributed by atoms with van der Waals surface area (Å²) in [5.74, 6) is 0.437. The number of aryl methyl sites for hydroxylation is 2. The van der Waals surface area contributed by atoms with E-state index in [1.165, 1.54) is 11.1 Å². The van der Waals surface area contributed by atoms with E-state index >= 15 is 0 Å². The molecule has 0 bridgehead atoms. The van der Waals surface area contributed by atoms with Crippen molar-refractivity contribution in [1.82, 2.24) is 20.3 Å². The third-order valence-electron chi connectivity index (χ3n) is 3.10. The molecule has 4 heteroatoms. The van der Waals surface area contributed by atoms with Gasteiger partial charge in [0.1, 0.15) is 0 Å². The summed E-state index contributed by atoms with van der Waals surface area (Å²) >= 11 is 0. The number of hydrogen-bond acceptors (Lipinski definition) is 3. The fraction of sp³-hybridized carbons (Fsp3) is 0.429. The molecule has 2 rings (SSSR count). The third kappa shape index (κ3) is 3.17. The Hall–Kier alpha value is -1.68. The molecule has 0 radical (unpaired) electrons. The predicted octanol–water partition coefficient (Wildman–Crippen LogP) is 1.67. The molecular weight excluding hydrogens is 224 g/mol. The lowest BCUT2D eigenvalue weighted by atomic mass is 9.93. The molecule has 0 aliphatic heterocycles. The Kier molecular flexibility index (Phi) is 4.10. The number of aromatic nitrogens is 3. The maximum atomic E-state index is 4.17. The molecule has 0 saturated heterocycles. The van der Waals surface area contributed by atoms with Gasteiger partial charge in [0.25, 0.3) is 0 Å². The smallest absolute Gasteiger partial charge is 0.0833 e. The van der Waals surface area contributed by atoms with Crippen LogP contribution in [-0.4, -0.2) is 28.6 Å². The van der Waals surface area contributed by atoms with Gasteiger partial charge in [0.15, 0.2) is 0 Å². The largest absolute Gasteiger partial charge is 0.319 e. The molecule has 1 heterocycles. The zero-order chi connectivity index (χ0) is 13.0. The van der Waals surface area contributed by atoms with Crippen LogP contribution in [0.25, 0.3) is 0 Å². The summed E-state index contributed by atoms with van der Waals surface area (Å²) in [4.78, 5) is 0. The van der Waals surface area contributed by atoms with E-state index in [1.807, 2.05) is 20.3 Å². The minimum absolute atomic E-state index is 0.437. The van der Waals surface area contributed by atoms with Crippen LogP contribution < -0.4 is 5.32 Å². The number of nitrogens with zero attached hydrogens (tertiary/aromatic N) is 3. The number of nitrogens with one attached hydrogen (secondary N) is 1. The van der Waals surface area contributed by atoms with Gasteiger partial charge in [0, 0.05) is 32.1 Å². The monoisotopic (exact) mass is 244 g/mol. The molecule has 96 valence electrons. The maximum absolute atomic E-state index is 4.17. The van der Waals surface area contributed by atoms with E-state index in [1.54, 1.807) is 4.68 Å². The summed E-state index contributed by atoms with van der Waals surface area (Å²) in [6, 6.07) is 8.73. The summed E-state index contributed by atoms with van der Waals surface area (Å²) in [5.41, 5.74) is 3.68. The zero-order valence-corrected chi connectivity index (χ0v) is 11.2. The average Bonchev–Trinajstić information content (AvgIpc) is 2.75.